The van der Waals surface area contributed by atoms with Crippen LogP contribution in [0.4, 0.5) is 10.1 Å². The molecule has 0 aliphatic carbocycles. The molecule has 0 unspecified atom stereocenters. The van der Waals surface area contributed by atoms with E-state index in [2.05, 4.69) is 69.1 Å². The van der Waals surface area contributed by atoms with Crippen molar-refractivity contribution in [2.45, 2.75) is 38.9 Å². The topological polar surface area (TPSA) is 43.8 Å². The van der Waals surface area contributed by atoms with Crippen LogP contribution in [0.5, 0.6) is 0 Å². The van der Waals surface area contributed by atoms with E-state index in [4.69, 9.17) is 0 Å². The molecule has 5 nitrogen and oxygen atoms in total. The van der Waals surface area contributed by atoms with Crippen molar-refractivity contribution >= 4 is 17.2 Å². The number of amidine groups is 1. The number of aromatic nitrogens is 1. The molecule has 1 aromatic heterocycles. The molecular weight excluding hydrogens is 461 g/mol. The molecule has 6 heteroatoms. The second-order valence-electron chi connectivity index (χ2n) is 9.60. The fraction of sp³-hybridized carbons (Fsp3) is 0.290. The Bertz CT molecular complexity index is 1190. The Hall–Kier alpha value is -3.61. The Morgan fingerprint density at radius 3 is 2.49 bits per heavy atom. The van der Waals surface area contributed by atoms with Gasteiger partial charge < -0.3 is 5.32 Å². The van der Waals surface area contributed by atoms with Gasteiger partial charge in [0.25, 0.3) is 0 Å². The van der Waals surface area contributed by atoms with E-state index in [0.29, 0.717) is 6.04 Å². The third-order valence-electron chi connectivity index (χ3n) is 6.72. The third-order valence-corrected chi connectivity index (χ3v) is 6.72. The molecule has 0 saturated carbocycles. The number of halogens is 1. The highest BCUT2D eigenvalue weighted by Gasteiger charge is 2.22. The molecule has 0 atom stereocenters. The predicted octanol–water partition coefficient (Wildman–Crippen LogP) is 6.37. The highest BCUT2D eigenvalue weighted by molar-refractivity contribution is 5.97. The number of hydrogen-bond acceptors (Lipinski definition) is 4. The molecule has 0 spiro atoms. The van der Waals surface area contributed by atoms with E-state index in [9.17, 15) is 4.39 Å². The summed E-state index contributed by atoms with van der Waals surface area (Å²) in [4.78, 5) is 13.9. The van der Waals surface area contributed by atoms with Crippen molar-refractivity contribution < 1.29 is 4.39 Å². The van der Waals surface area contributed by atoms with E-state index in [1.807, 2.05) is 31.5 Å². The average Bonchev–Trinajstić information content (AvgIpc) is 2.91. The molecule has 37 heavy (non-hydrogen) atoms. The van der Waals surface area contributed by atoms with Gasteiger partial charge in [-0.1, -0.05) is 30.9 Å². The summed E-state index contributed by atoms with van der Waals surface area (Å²) < 4.78 is 13.3. The number of aliphatic imine (C=N–C) groups is 1. The predicted molar refractivity (Wildman–Crippen MR) is 152 cm³/mol. The lowest BCUT2D eigenvalue weighted by Crippen LogP contribution is -2.42. The maximum absolute atomic E-state index is 13.3. The van der Waals surface area contributed by atoms with Gasteiger partial charge in [0.1, 0.15) is 11.7 Å². The normalized spacial score (nSPS) is 15.7. The molecule has 0 radical (unpaired) electrons. The summed E-state index contributed by atoms with van der Waals surface area (Å²) in [6.45, 7) is 9.82. The Morgan fingerprint density at radius 2 is 1.84 bits per heavy atom. The fourth-order valence-corrected chi connectivity index (χ4v) is 4.73. The molecule has 2 heterocycles. The zero-order valence-electron chi connectivity index (χ0n) is 21.8. The van der Waals surface area contributed by atoms with Gasteiger partial charge in [0.05, 0.1) is 5.70 Å². The van der Waals surface area contributed by atoms with Gasteiger partial charge in [0, 0.05) is 42.8 Å². The molecule has 3 aromatic rings. The standard InChI is InChI=1S/C31H36FN5/c1-4-6-31(27-10-12-28(32)13-11-27)35-24(2)34-29-14-8-25(9-15-29)23-37-19-16-30(17-20-37)36(3)22-26-7-5-18-33-21-26/h4-15,18,21,30H,1,16-17,19-20,22-23H2,2-3H3,(H,34,35)/b31-6-. The van der Waals surface area contributed by atoms with Crippen molar-refractivity contribution in [3.63, 3.8) is 0 Å². The molecule has 192 valence electrons. The van der Waals surface area contributed by atoms with Crippen molar-refractivity contribution in [3.8, 4) is 0 Å². The Kier molecular flexibility index (Phi) is 9.35. The van der Waals surface area contributed by atoms with Gasteiger partial charge in [-0.25, -0.2) is 9.38 Å². The zero-order chi connectivity index (χ0) is 26.0. The molecule has 1 saturated heterocycles. The van der Waals surface area contributed by atoms with Crippen LogP contribution in [0.15, 0.2) is 96.8 Å². The van der Waals surface area contributed by atoms with E-state index in [-0.39, 0.29) is 5.82 Å². The average molecular weight is 498 g/mol. The van der Waals surface area contributed by atoms with E-state index in [0.717, 1.165) is 49.0 Å². The van der Waals surface area contributed by atoms with Crippen molar-refractivity contribution in [2.75, 3.05) is 25.5 Å². The van der Waals surface area contributed by atoms with Crippen LogP contribution in [0.3, 0.4) is 0 Å². The van der Waals surface area contributed by atoms with Crippen LogP contribution in [-0.4, -0.2) is 46.8 Å². The molecule has 1 N–H and O–H groups in total. The first kappa shape index (κ1) is 26.5. The number of likely N-dealkylation sites (tertiary alicyclic amines) is 1. The summed E-state index contributed by atoms with van der Waals surface area (Å²) in [6, 6.07) is 19.6. The number of piperidine rings is 1. The lowest BCUT2D eigenvalue weighted by Gasteiger charge is -2.36. The minimum atomic E-state index is -0.266. The van der Waals surface area contributed by atoms with Crippen LogP contribution in [-0.2, 0) is 13.1 Å². The molecule has 2 aromatic carbocycles. The number of nitrogens with one attached hydrogen (secondary N) is 1. The van der Waals surface area contributed by atoms with Gasteiger partial charge >= 0.3 is 0 Å². The molecule has 1 aliphatic rings. The second kappa shape index (κ2) is 13.1. The third kappa shape index (κ3) is 7.94. The highest BCUT2D eigenvalue weighted by atomic mass is 19.1. The van der Waals surface area contributed by atoms with Crippen LogP contribution in [0.1, 0.15) is 36.5 Å². The van der Waals surface area contributed by atoms with E-state index >= 15 is 0 Å². The Balaban J connectivity index is 1.27. The minimum Gasteiger partial charge on any atom is -0.344 e. The monoisotopic (exact) mass is 497 g/mol. The van der Waals surface area contributed by atoms with Crippen LogP contribution in [0, 0.1) is 5.82 Å². The number of benzene rings is 2. The Labute approximate surface area is 220 Å². The molecule has 0 bridgehead atoms. The van der Waals surface area contributed by atoms with Gasteiger partial charge in [0.2, 0.25) is 0 Å². The fourth-order valence-electron chi connectivity index (χ4n) is 4.73. The first-order chi connectivity index (χ1) is 18.0. The quantitative estimate of drug-likeness (QED) is 0.212. The highest BCUT2D eigenvalue weighted by Crippen LogP contribution is 2.21. The van der Waals surface area contributed by atoms with E-state index in [1.165, 1.54) is 36.1 Å². The van der Waals surface area contributed by atoms with Gasteiger partial charge in [-0.2, -0.15) is 0 Å². The summed E-state index contributed by atoms with van der Waals surface area (Å²) in [5.41, 5.74) is 5.12. The summed E-state index contributed by atoms with van der Waals surface area (Å²) in [7, 11) is 2.22. The van der Waals surface area contributed by atoms with Gasteiger partial charge in [-0.3, -0.25) is 14.8 Å². The van der Waals surface area contributed by atoms with Gasteiger partial charge in [0.15, 0.2) is 0 Å². The first-order valence-electron chi connectivity index (χ1n) is 12.8. The van der Waals surface area contributed by atoms with Crippen LogP contribution in [0.2, 0.25) is 0 Å². The number of allylic oxidation sites excluding steroid dienone is 2. The number of nitrogens with zero attached hydrogens (tertiary/aromatic N) is 4. The molecule has 1 aliphatic heterocycles. The zero-order valence-corrected chi connectivity index (χ0v) is 21.8. The first-order valence-corrected chi connectivity index (χ1v) is 12.8. The maximum Gasteiger partial charge on any atom is 0.123 e. The minimum absolute atomic E-state index is 0.266. The number of pyridine rings is 1. The Morgan fingerprint density at radius 1 is 1.11 bits per heavy atom. The van der Waals surface area contributed by atoms with Crippen molar-refractivity contribution in [2.24, 2.45) is 4.99 Å². The summed E-state index contributed by atoms with van der Waals surface area (Å²) >= 11 is 0. The van der Waals surface area contributed by atoms with E-state index < -0.39 is 0 Å². The summed E-state index contributed by atoms with van der Waals surface area (Å²) in [6.07, 6.45) is 9.65. The van der Waals surface area contributed by atoms with Crippen LogP contribution >= 0.6 is 0 Å². The van der Waals surface area contributed by atoms with Gasteiger partial charge in [-0.05, 0) is 99.6 Å². The van der Waals surface area contributed by atoms with Crippen molar-refractivity contribution in [1.82, 2.24) is 14.8 Å². The lowest BCUT2D eigenvalue weighted by atomic mass is 10.0. The number of hydrogen-bond donors (Lipinski definition) is 1. The van der Waals surface area contributed by atoms with Crippen molar-refractivity contribution in [3.05, 3.63) is 114 Å². The van der Waals surface area contributed by atoms with Crippen molar-refractivity contribution in [1.29, 1.82) is 0 Å². The SMILES string of the molecule is C=C/C=C(\N=C(C)Nc1ccc(CN2CCC(N(C)Cc3cccnc3)CC2)cc1)c1ccc(F)cc1. The maximum atomic E-state index is 13.3. The molecule has 4 rings (SSSR count). The second-order valence-corrected chi connectivity index (χ2v) is 9.60. The number of anilines is 1. The largest absolute Gasteiger partial charge is 0.344 e. The summed E-state index contributed by atoms with van der Waals surface area (Å²) in [5, 5.41) is 3.36. The lowest BCUT2D eigenvalue weighted by molar-refractivity contribution is 0.119. The molecule has 1 fully saturated rings. The number of rotatable bonds is 9. The molecular formula is C31H36FN5. The summed E-state index contributed by atoms with van der Waals surface area (Å²) in [5.74, 6) is 0.487. The molecule has 0 amide bonds. The van der Waals surface area contributed by atoms with Gasteiger partial charge in [-0.15, -0.1) is 0 Å². The van der Waals surface area contributed by atoms with Crippen LogP contribution < -0.4 is 5.32 Å². The smallest absolute Gasteiger partial charge is 0.123 e. The van der Waals surface area contributed by atoms with E-state index in [1.54, 1.807) is 18.2 Å². The van der Waals surface area contributed by atoms with Crippen LogP contribution in [0.25, 0.3) is 5.70 Å².